The summed E-state index contributed by atoms with van der Waals surface area (Å²) < 4.78 is 38.9. The molecule has 0 amide bonds. The Labute approximate surface area is 121 Å². The van der Waals surface area contributed by atoms with Gasteiger partial charge < -0.3 is 0 Å². The predicted molar refractivity (Wildman–Crippen MR) is 69.2 cm³/mol. The molecule has 3 heterocycles. The van der Waals surface area contributed by atoms with E-state index in [-0.39, 0.29) is 11.0 Å². The Hall–Kier alpha value is -2.22. The second kappa shape index (κ2) is 4.66. The van der Waals surface area contributed by atoms with Gasteiger partial charge in [-0.05, 0) is 19.1 Å². The Bertz CT molecular complexity index is 810. The first-order valence-corrected chi connectivity index (χ1v) is 6.15. The highest BCUT2D eigenvalue weighted by Gasteiger charge is 2.30. The van der Waals surface area contributed by atoms with E-state index >= 15 is 0 Å². The molecule has 0 atom stereocenters. The number of aryl methyl sites for hydroxylation is 1. The maximum atomic E-state index is 12.5. The lowest BCUT2D eigenvalue weighted by Gasteiger charge is -2.07. The Morgan fingerprint density at radius 3 is 2.52 bits per heavy atom. The lowest BCUT2D eigenvalue weighted by Crippen LogP contribution is -2.07. The van der Waals surface area contributed by atoms with Gasteiger partial charge in [0.1, 0.15) is 11.0 Å². The number of hydrogen-bond acceptors (Lipinski definition) is 4. The molecule has 0 aliphatic heterocycles. The van der Waals surface area contributed by atoms with Crippen LogP contribution in [0.25, 0.3) is 16.9 Å². The van der Waals surface area contributed by atoms with Crippen molar-refractivity contribution in [1.29, 1.82) is 0 Å². The van der Waals surface area contributed by atoms with Crippen molar-refractivity contribution in [3.8, 4) is 5.82 Å². The molecule has 0 bridgehead atoms. The molecule has 0 fully saturated rings. The van der Waals surface area contributed by atoms with Gasteiger partial charge in [-0.15, -0.1) is 0 Å². The zero-order valence-electron chi connectivity index (χ0n) is 10.6. The lowest BCUT2D eigenvalue weighted by atomic mass is 10.3. The highest BCUT2D eigenvalue weighted by Crippen LogP contribution is 2.29. The maximum Gasteiger partial charge on any atom is 0.417 e. The van der Waals surface area contributed by atoms with Gasteiger partial charge in [0.2, 0.25) is 0 Å². The van der Waals surface area contributed by atoms with Crippen LogP contribution in [0.2, 0.25) is 5.15 Å². The molecule has 21 heavy (non-hydrogen) atoms. The van der Waals surface area contributed by atoms with Crippen molar-refractivity contribution < 1.29 is 13.2 Å². The lowest BCUT2D eigenvalue weighted by molar-refractivity contribution is -0.137. The number of nitrogens with zero attached hydrogens (tertiary/aromatic N) is 5. The molecule has 0 unspecified atom stereocenters. The summed E-state index contributed by atoms with van der Waals surface area (Å²) in [4.78, 5) is 11.9. The van der Waals surface area contributed by atoms with Gasteiger partial charge in [0, 0.05) is 6.20 Å². The molecule has 5 nitrogen and oxygen atoms in total. The van der Waals surface area contributed by atoms with Gasteiger partial charge in [0.15, 0.2) is 11.5 Å². The first kappa shape index (κ1) is 13.7. The highest BCUT2D eigenvalue weighted by atomic mass is 35.5. The van der Waals surface area contributed by atoms with Crippen molar-refractivity contribution in [2.24, 2.45) is 0 Å². The molecule has 0 spiro atoms. The van der Waals surface area contributed by atoms with Crippen molar-refractivity contribution in [2.75, 3.05) is 0 Å². The number of aromatic nitrogens is 5. The molecule has 0 N–H and O–H groups in total. The molecule has 3 aromatic rings. The summed E-state index contributed by atoms with van der Waals surface area (Å²) in [6.45, 7) is 1.66. The van der Waals surface area contributed by atoms with Gasteiger partial charge in [0.05, 0.1) is 17.1 Å². The minimum absolute atomic E-state index is 0.215. The zero-order valence-corrected chi connectivity index (χ0v) is 11.3. The first-order chi connectivity index (χ1) is 9.86. The van der Waals surface area contributed by atoms with Crippen molar-refractivity contribution in [3.63, 3.8) is 0 Å². The molecular weight excluding hydrogens is 307 g/mol. The highest BCUT2D eigenvalue weighted by molar-refractivity contribution is 6.33. The fraction of sp³-hybridized carbons (Fsp3) is 0.167. The summed E-state index contributed by atoms with van der Waals surface area (Å²) in [5.74, 6) is 0.647. The summed E-state index contributed by atoms with van der Waals surface area (Å²) in [5.41, 5.74) is -0.439. The van der Waals surface area contributed by atoms with Crippen LogP contribution in [0.4, 0.5) is 13.2 Å². The van der Waals surface area contributed by atoms with E-state index in [1.54, 1.807) is 6.92 Å². The average molecular weight is 314 g/mol. The third-order valence-electron chi connectivity index (χ3n) is 2.79. The summed E-state index contributed by atoms with van der Waals surface area (Å²) >= 11 is 5.97. The Kier molecular flexibility index (Phi) is 3.05. The van der Waals surface area contributed by atoms with Crippen molar-refractivity contribution >= 4 is 22.6 Å². The molecule has 9 heteroatoms. The molecule has 108 valence electrons. The van der Waals surface area contributed by atoms with Gasteiger partial charge in [-0.1, -0.05) is 11.6 Å². The standard InChI is InChI=1S/C12H7ClF3N5/c1-6-19-10(13)8-5-18-21(11(8)20-6)9-3-2-7(4-17-9)12(14,15)16/h2-5H,1H3. The second-order valence-corrected chi connectivity index (χ2v) is 4.62. The molecule has 0 radical (unpaired) electrons. The monoisotopic (exact) mass is 313 g/mol. The van der Waals surface area contributed by atoms with E-state index in [2.05, 4.69) is 20.1 Å². The van der Waals surface area contributed by atoms with E-state index in [4.69, 9.17) is 11.6 Å². The van der Waals surface area contributed by atoms with Crippen LogP contribution in [0.3, 0.4) is 0 Å². The van der Waals surface area contributed by atoms with Crippen LogP contribution in [0.1, 0.15) is 11.4 Å². The summed E-state index contributed by atoms with van der Waals surface area (Å²) in [5, 5.41) is 4.78. The number of halogens is 4. The minimum atomic E-state index is -4.43. The quantitative estimate of drug-likeness (QED) is 0.647. The van der Waals surface area contributed by atoms with E-state index in [9.17, 15) is 13.2 Å². The van der Waals surface area contributed by atoms with Crippen LogP contribution in [0.5, 0.6) is 0 Å². The fourth-order valence-electron chi connectivity index (χ4n) is 1.82. The SMILES string of the molecule is Cc1nc(Cl)c2cnn(-c3ccc(C(F)(F)F)cn3)c2n1. The van der Waals surface area contributed by atoms with Gasteiger partial charge in [-0.3, -0.25) is 0 Å². The smallest absolute Gasteiger partial charge is 0.236 e. The van der Waals surface area contributed by atoms with Gasteiger partial charge in [-0.2, -0.15) is 23.0 Å². The van der Waals surface area contributed by atoms with Gasteiger partial charge in [-0.25, -0.2) is 15.0 Å². The van der Waals surface area contributed by atoms with Gasteiger partial charge >= 0.3 is 6.18 Å². The Morgan fingerprint density at radius 2 is 1.90 bits per heavy atom. The van der Waals surface area contributed by atoms with Crippen LogP contribution >= 0.6 is 11.6 Å². The molecule has 3 aromatic heterocycles. The zero-order chi connectivity index (χ0) is 15.2. The Balaban J connectivity index is 2.13. The minimum Gasteiger partial charge on any atom is -0.236 e. The van der Waals surface area contributed by atoms with E-state index < -0.39 is 11.7 Å². The summed E-state index contributed by atoms with van der Waals surface area (Å²) in [7, 11) is 0. The van der Waals surface area contributed by atoms with E-state index in [1.807, 2.05) is 0 Å². The van der Waals surface area contributed by atoms with Gasteiger partial charge in [0.25, 0.3) is 0 Å². The van der Waals surface area contributed by atoms with Crippen molar-refractivity contribution in [3.05, 3.63) is 41.1 Å². The van der Waals surface area contributed by atoms with E-state index in [1.165, 1.54) is 16.9 Å². The topological polar surface area (TPSA) is 56.5 Å². The third-order valence-corrected chi connectivity index (χ3v) is 3.07. The fourth-order valence-corrected chi connectivity index (χ4v) is 2.08. The molecule has 0 aliphatic carbocycles. The van der Waals surface area contributed by atoms with Crippen LogP contribution in [0.15, 0.2) is 24.5 Å². The maximum absolute atomic E-state index is 12.5. The summed E-state index contributed by atoms with van der Waals surface area (Å²) in [6, 6.07) is 2.16. The first-order valence-electron chi connectivity index (χ1n) is 5.78. The number of rotatable bonds is 1. The predicted octanol–water partition coefficient (Wildman–Crippen LogP) is 3.19. The molecule has 0 saturated heterocycles. The number of hydrogen-bond donors (Lipinski definition) is 0. The number of alkyl halides is 3. The molecule has 3 rings (SSSR count). The second-order valence-electron chi connectivity index (χ2n) is 4.26. The van der Waals surface area contributed by atoms with Crippen molar-refractivity contribution in [1.82, 2.24) is 24.7 Å². The molecule has 0 saturated carbocycles. The van der Waals surface area contributed by atoms with E-state index in [0.29, 0.717) is 16.9 Å². The van der Waals surface area contributed by atoms with Crippen molar-refractivity contribution in [2.45, 2.75) is 13.1 Å². The molecule has 0 aromatic carbocycles. The third kappa shape index (κ3) is 2.42. The molecular formula is C12H7ClF3N5. The Morgan fingerprint density at radius 1 is 1.14 bits per heavy atom. The van der Waals surface area contributed by atoms with Crippen LogP contribution in [0, 0.1) is 6.92 Å². The number of pyridine rings is 1. The normalized spacial score (nSPS) is 12.0. The molecule has 0 aliphatic rings. The van der Waals surface area contributed by atoms with Crippen LogP contribution in [-0.2, 0) is 6.18 Å². The van der Waals surface area contributed by atoms with Crippen LogP contribution < -0.4 is 0 Å². The average Bonchev–Trinajstić information content (AvgIpc) is 2.82. The largest absolute Gasteiger partial charge is 0.417 e. The van der Waals surface area contributed by atoms with Crippen LogP contribution in [-0.4, -0.2) is 24.7 Å². The van der Waals surface area contributed by atoms with E-state index in [0.717, 1.165) is 12.3 Å². The number of fused-ring (bicyclic) bond motifs is 1. The summed E-state index contributed by atoms with van der Waals surface area (Å²) in [6.07, 6.45) is -2.24.